The lowest BCUT2D eigenvalue weighted by molar-refractivity contribution is -0.121. The predicted molar refractivity (Wildman–Crippen MR) is 66.7 cm³/mol. The van der Waals surface area contributed by atoms with E-state index in [1.165, 1.54) is 0 Å². The quantitative estimate of drug-likeness (QED) is 0.811. The third-order valence-electron chi connectivity index (χ3n) is 3.70. The van der Waals surface area contributed by atoms with Gasteiger partial charge in [0.25, 0.3) is 0 Å². The molecule has 0 aliphatic heterocycles. The molecule has 1 heterocycles. The number of nitrogens with one attached hydrogen (secondary N) is 1. The maximum Gasteiger partial charge on any atom is 0.244 e. The molecule has 1 aliphatic rings. The first-order chi connectivity index (χ1) is 7.94. The summed E-state index contributed by atoms with van der Waals surface area (Å²) in [5.74, 6) is -0.0748. The van der Waals surface area contributed by atoms with Crippen molar-refractivity contribution in [3.63, 3.8) is 0 Å². The first kappa shape index (κ1) is 12.1. The smallest absolute Gasteiger partial charge is 0.244 e. The summed E-state index contributed by atoms with van der Waals surface area (Å²) >= 11 is 0. The maximum atomic E-state index is 12.2. The van der Waals surface area contributed by atoms with Crippen LogP contribution in [-0.4, -0.2) is 21.2 Å². The zero-order valence-corrected chi connectivity index (χ0v) is 10.7. The molecule has 1 amide bonds. The Morgan fingerprint density at radius 2 is 2.00 bits per heavy atom. The molecule has 0 atom stereocenters. The van der Waals surface area contributed by atoms with Gasteiger partial charge in [-0.05, 0) is 26.7 Å². The average Bonchev–Trinajstić information content (AvgIpc) is 2.80. The van der Waals surface area contributed by atoms with E-state index in [0.29, 0.717) is 0 Å². The third-order valence-corrected chi connectivity index (χ3v) is 3.70. The molecule has 0 saturated heterocycles. The van der Waals surface area contributed by atoms with E-state index in [-0.39, 0.29) is 5.91 Å². The number of carbonyl (C=O) groups excluding carboxylic acids is 1. The minimum atomic E-state index is -0.686. The normalized spacial score (nSPS) is 18.4. The highest BCUT2D eigenvalue weighted by atomic mass is 16.2. The molecule has 0 radical (unpaired) electrons. The van der Waals surface area contributed by atoms with E-state index in [9.17, 15) is 4.79 Å². The number of nitrogens with two attached hydrogens (primary N) is 1. The lowest BCUT2D eigenvalue weighted by Gasteiger charge is -2.22. The highest BCUT2D eigenvalue weighted by Gasteiger charge is 2.37. The van der Waals surface area contributed by atoms with Gasteiger partial charge in [-0.3, -0.25) is 9.48 Å². The van der Waals surface area contributed by atoms with E-state index in [1.54, 1.807) is 4.68 Å². The van der Waals surface area contributed by atoms with Crippen molar-refractivity contribution in [3.8, 4) is 0 Å². The van der Waals surface area contributed by atoms with Crippen LogP contribution in [-0.2, 0) is 11.8 Å². The Hall–Kier alpha value is -1.36. The fourth-order valence-corrected chi connectivity index (χ4v) is 2.43. The minimum Gasteiger partial charge on any atom is -0.321 e. The van der Waals surface area contributed by atoms with E-state index in [2.05, 4.69) is 10.4 Å². The van der Waals surface area contributed by atoms with Gasteiger partial charge in [0.05, 0.1) is 22.6 Å². The fourth-order valence-electron chi connectivity index (χ4n) is 2.43. The van der Waals surface area contributed by atoms with E-state index >= 15 is 0 Å². The number of hydrogen-bond donors (Lipinski definition) is 2. The molecule has 0 bridgehead atoms. The SMILES string of the molecule is Cc1nn(C)c(C)c1NC(=O)C1(N)CCCC1. The number of nitrogens with zero attached hydrogens (tertiary/aromatic N) is 2. The molecule has 2 rings (SSSR count). The van der Waals surface area contributed by atoms with Gasteiger partial charge in [-0.25, -0.2) is 0 Å². The highest BCUT2D eigenvalue weighted by molar-refractivity contribution is 5.99. The first-order valence-electron chi connectivity index (χ1n) is 6.04. The second kappa shape index (κ2) is 4.14. The molecule has 1 aliphatic carbocycles. The Balaban J connectivity index is 2.18. The lowest BCUT2D eigenvalue weighted by Crippen LogP contribution is -2.48. The second-order valence-corrected chi connectivity index (χ2v) is 4.99. The van der Waals surface area contributed by atoms with E-state index < -0.39 is 5.54 Å². The third kappa shape index (κ3) is 2.07. The molecule has 1 aromatic rings. The summed E-state index contributed by atoms with van der Waals surface area (Å²) in [6, 6.07) is 0. The van der Waals surface area contributed by atoms with Crippen LogP contribution in [0, 0.1) is 13.8 Å². The molecule has 0 spiro atoms. The minimum absolute atomic E-state index is 0.0748. The van der Waals surface area contributed by atoms with Crippen molar-refractivity contribution in [1.82, 2.24) is 9.78 Å². The maximum absolute atomic E-state index is 12.2. The van der Waals surface area contributed by atoms with Crippen molar-refractivity contribution in [1.29, 1.82) is 0 Å². The zero-order chi connectivity index (χ0) is 12.6. The molecule has 1 fully saturated rings. The molecule has 1 aromatic heterocycles. The van der Waals surface area contributed by atoms with Crippen LogP contribution in [0.3, 0.4) is 0 Å². The number of amides is 1. The van der Waals surface area contributed by atoms with E-state index in [4.69, 9.17) is 5.73 Å². The Bertz CT molecular complexity index is 444. The molecule has 5 nitrogen and oxygen atoms in total. The van der Waals surface area contributed by atoms with Crippen LogP contribution in [0.5, 0.6) is 0 Å². The van der Waals surface area contributed by atoms with Crippen molar-refractivity contribution in [2.24, 2.45) is 12.8 Å². The summed E-state index contributed by atoms with van der Waals surface area (Å²) in [5.41, 5.74) is 8.02. The van der Waals surface area contributed by atoms with Crippen LogP contribution < -0.4 is 11.1 Å². The lowest BCUT2D eigenvalue weighted by atomic mass is 9.98. The molecule has 17 heavy (non-hydrogen) atoms. The van der Waals surface area contributed by atoms with Crippen molar-refractivity contribution in [3.05, 3.63) is 11.4 Å². The van der Waals surface area contributed by atoms with E-state index in [1.807, 2.05) is 20.9 Å². The van der Waals surface area contributed by atoms with Gasteiger partial charge in [-0.1, -0.05) is 12.8 Å². The average molecular weight is 236 g/mol. The fraction of sp³-hybridized carbons (Fsp3) is 0.667. The summed E-state index contributed by atoms with van der Waals surface area (Å²) in [4.78, 5) is 12.2. The molecule has 94 valence electrons. The number of aromatic nitrogens is 2. The van der Waals surface area contributed by atoms with Crippen LogP contribution in [0.2, 0.25) is 0 Å². The summed E-state index contributed by atoms with van der Waals surface area (Å²) in [5, 5.41) is 7.21. The van der Waals surface area contributed by atoms with Gasteiger partial charge in [0.15, 0.2) is 0 Å². The topological polar surface area (TPSA) is 72.9 Å². The standard InChI is InChI=1S/C12H20N4O/c1-8-10(9(2)16(3)15-8)14-11(17)12(13)6-4-5-7-12/h4-7,13H2,1-3H3,(H,14,17). The molecule has 5 heteroatoms. The van der Waals surface area contributed by atoms with Gasteiger partial charge in [0, 0.05) is 7.05 Å². The molecular formula is C12H20N4O. The second-order valence-electron chi connectivity index (χ2n) is 4.99. The summed E-state index contributed by atoms with van der Waals surface area (Å²) in [7, 11) is 1.87. The van der Waals surface area contributed by atoms with Gasteiger partial charge >= 0.3 is 0 Å². The van der Waals surface area contributed by atoms with Crippen molar-refractivity contribution in [2.75, 3.05) is 5.32 Å². The predicted octanol–water partition coefficient (Wildman–Crippen LogP) is 1.25. The van der Waals surface area contributed by atoms with E-state index in [0.717, 1.165) is 42.8 Å². The molecular weight excluding hydrogens is 216 g/mol. The van der Waals surface area contributed by atoms with Crippen LogP contribution in [0.25, 0.3) is 0 Å². The number of anilines is 1. The number of rotatable bonds is 2. The Labute approximate surface area is 101 Å². The summed E-state index contributed by atoms with van der Waals surface area (Å²) < 4.78 is 1.77. The van der Waals surface area contributed by atoms with Crippen molar-refractivity contribution in [2.45, 2.75) is 45.1 Å². The zero-order valence-electron chi connectivity index (χ0n) is 10.7. The van der Waals surface area contributed by atoms with Crippen molar-refractivity contribution >= 4 is 11.6 Å². The van der Waals surface area contributed by atoms with Gasteiger partial charge in [-0.2, -0.15) is 5.10 Å². The number of aryl methyl sites for hydroxylation is 2. The highest BCUT2D eigenvalue weighted by Crippen LogP contribution is 2.29. The molecule has 1 saturated carbocycles. The van der Waals surface area contributed by atoms with Gasteiger partial charge in [0.2, 0.25) is 5.91 Å². The molecule has 0 unspecified atom stereocenters. The summed E-state index contributed by atoms with van der Waals surface area (Å²) in [6.07, 6.45) is 3.62. The number of hydrogen-bond acceptors (Lipinski definition) is 3. The van der Waals surface area contributed by atoms with Crippen LogP contribution in [0.4, 0.5) is 5.69 Å². The van der Waals surface area contributed by atoms with Gasteiger partial charge in [0.1, 0.15) is 0 Å². The van der Waals surface area contributed by atoms with Crippen LogP contribution in [0.15, 0.2) is 0 Å². The Kier molecular flexibility index (Phi) is 2.95. The van der Waals surface area contributed by atoms with Crippen LogP contribution in [0.1, 0.15) is 37.1 Å². The van der Waals surface area contributed by atoms with Crippen molar-refractivity contribution < 1.29 is 4.79 Å². The first-order valence-corrected chi connectivity index (χ1v) is 6.04. The van der Waals surface area contributed by atoms with Gasteiger partial charge in [-0.15, -0.1) is 0 Å². The number of carbonyl (C=O) groups is 1. The van der Waals surface area contributed by atoms with Gasteiger partial charge < -0.3 is 11.1 Å². The Morgan fingerprint density at radius 3 is 2.47 bits per heavy atom. The summed E-state index contributed by atoms with van der Waals surface area (Å²) in [6.45, 7) is 3.83. The largest absolute Gasteiger partial charge is 0.321 e. The monoisotopic (exact) mass is 236 g/mol. The molecule has 0 aromatic carbocycles. The molecule has 3 N–H and O–H groups in total. The van der Waals surface area contributed by atoms with Crippen LogP contribution >= 0.6 is 0 Å². The Morgan fingerprint density at radius 1 is 1.41 bits per heavy atom.